The molecule has 2 atom stereocenters. The molecule has 0 heterocycles. The zero-order valence-electron chi connectivity index (χ0n) is 10.9. The van der Waals surface area contributed by atoms with E-state index in [0.29, 0.717) is 13.2 Å². The summed E-state index contributed by atoms with van der Waals surface area (Å²) >= 11 is 0. The molecule has 0 bridgehead atoms. The number of aliphatic carboxylic acids is 1. The number of hydrogen-bond donors (Lipinski definition) is 2. The normalized spacial score (nSPS) is 13.9. The number of carboxylic acid groups (broad SMARTS) is 1. The van der Waals surface area contributed by atoms with Gasteiger partial charge in [0.05, 0.1) is 0 Å². The summed E-state index contributed by atoms with van der Waals surface area (Å²) in [4.78, 5) is 11.1. The topological polar surface area (TPSA) is 58.6 Å². The van der Waals surface area contributed by atoms with E-state index < -0.39 is 12.0 Å². The van der Waals surface area contributed by atoms with Gasteiger partial charge < -0.3 is 15.2 Å². The van der Waals surface area contributed by atoms with Gasteiger partial charge in [0.1, 0.15) is 18.4 Å². The molecule has 0 amide bonds. The molecule has 0 aliphatic rings. The smallest absolute Gasteiger partial charge is 0.320 e. The predicted octanol–water partition coefficient (Wildman–Crippen LogP) is 2.15. The van der Waals surface area contributed by atoms with Crippen LogP contribution in [0.4, 0.5) is 0 Å². The molecular formula is C14H21NO3. The fraction of sp³-hybridized carbons (Fsp3) is 0.500. The summed E-state index contributed by atoms with van der Waals surface area (Å²) in [5, 5.41) is 12.1. The van der Waals surface area contributed by atoms with Crippen LogP contribution in [0.25, 0.3) is 0 Å². The van der Waals surface area contributed by atoms with E-state index in [-0.39, 0.29) is 5.92 Å². The minimum Gasteiger partial charge on any atom is -0.492 e. The van der Waals surface area contributed by atoms with Gasteiger partial charge in [0, 0.05) is 6.54 Å². The molecule has 0 fully saturated rings. The number of nitrogens with one attached hydrogen (secondary N) is 1. The van der Waals surface area contributed by atoms with Gasteiger partial charge in [-0.2, -0.15) is 0 Å². The van der Waals surface area contributed by atoms with Crippen molar-refractivity contribution in [2.24, 2.45) is 5.92 Å². The number of carbonyl (C=O) groups is 1. The zero-order chi connectivity index (χ0) is 13.4. The van der Waals surface area contributed by atoms with Crippen molar-refractivity contribution in [2.45, 2.75) is 26.3 Å². The van der Waals surface area contributed by atoms with E-state index in [0.717, 1.165) is 12.2 Å². The summed E-state index contributed by atoms with van der Waals surface area (Å²) in [7, 11) is 0. The third-order valence-corrected chi connectivity index (χ3v) is 2.96. The summed E-state index contributed by atoms with van der Waals surface area (Å²) in [5.41, 5.74) is 0. The molecule has 1 aromatic rings. The first kappa shape index (κ1) is 14.5. The molecule has 0 spiro atoms. The quantitative estimate of drug-likeness (QED) is 0.695. The van der Waals surface area contributed by atoms with Crippen molar-refractivity contribution >= 4 is 5.97 Å². The van der Waals surface area contributed by atoms with Gasteiger partial charge in [-0.15, -0.1) is 0 Å². The molecule has 0 radical (unpaired) electrons. The number of hydrogen-bond acceptors (Lipinski definition) is 3. The molecule has 4 nitrogen and oxygen atoms in total. The summed E-state index contributed by atoms with van der Waals surface area (Å²) in [6.45, 7) is 4.91. The van der Waals surface area contributed by atoms with Crippen molar-refractivity contribution < 1.29 is 14.6 Å². The van der Waals surface area contributed by atoms with Crippen LogP contribution in [0.15, 0.2) is 30.3 Å². The number of para-hydroxylation sites is 1. The molecule has 0 saturated heterocycles. The van der Waals surface area contributed by atoms with E-state index in [2.05, 4.69) is 5.32 Å². The van der Waals surface area contributed by atoms with Gasteiger partial charge in [-0.05, 0) is 18.1 Å². The van der Waals surface area contributed by atoms with Crippen LogP contribution in [0, 0.1) is 5.92 Å². The van der Waals surface area contributed by atoms with Crippen LogP contribution in [-0.2, 0) is 4.79 Å². The highest BCUT2D eigenvalue weighted by atomic mass is 16.5. The Bertz CT molecular complexity index is 353. The minimum atomic E-state index is -0.802. The van der Waals surface area contributed by atoms with Gasteiger partial charge in [-0.25, -0.2) is 0 Å². The maximum atomic E-state index is 11.1. The number of ether oxygens (including phenoxy) is 1. The van der Waals surface area contributed by atoms with E-state index in [1.165, 1.54) is 0 Å². The first-order valence-corrected chi connectivity index (χ1v) is 6.29. The Morgan fingerprint density at radius 1 is 1.39 bits per heavy atom. The third-order valence-electron chi connectivity index (χ3n) is 2.96. The first-order chi connectivity index (χ1) is 8.65. The lowest BCUT2D eigenvalue weighted by Gasteiger charge is -2.20. The van der Waals surface area contributed by atoms with Crippen LogP contribution in [-0.4, -0.2) is 30.3 Å². The molecule has 100 valence electrons. The van der Waals surface area contributed by atoms with Crippen molar-refractivity contribution in [3.05, 3.63) is 30.3 Å². The molecule has 18 heavy (non-hydrogen) atoms. The van der Waals surface area contributed by atoms with Crippen molar-refractivity contribution in [1.82, 2.24) is 5.32 Å². The Morgan fingerprint density at radius 3 is 2.61 bits per heavy atom. The van der Waals surface area contributed by atoms with Crippen LogP contribution < -0.4 is 10.1 Å². The molecule has 0 aromatic heterocycles. The molecule has 0 aliphatic heterocycles. The summed E-state index contributed by atoms with van der Waals surface area (Å²) in [5.74, 6) is 0.109. The largest absolute Gasteiger partial charge is 0.492 e. The van der Waals surface area contributed by atoms with Gasteiger partial charge >= 0.3 is 5.97 Å². The molecule has 0 unspecified atom stereocenters. The first-order valence-electron chi connectivity index (χ1n) is 6.29. The van der Waals surface area contributed by atoms with Gasteiger partial charge in [0.15, 0.2) is 0 Å². The van der Waals surface area contributed by atoms with E-state index >= 15 is 0 Å². The highest BCUT2D eigenvalue weighted by Gasteiger charge is 2.22. The van der Waals surface area contributed by atoms with Crippen LogP contribution >= 0.6 is 0 Å². The second kappa shape index (κ2) is 7.71. The Labute approximate surface area is 108 Å². The molecule has 0 saturated carbocycles. The highest BCUT2D eigenvalue weighted by Crippen LogP contribution is 2.09. The molecule has 1 rings (SSSR count). The van der Waals surface area contributed by atoms with Crippen LogP contribution in [0.1, 0.15) is 20.3 Å². The second-order valence-corrected chi connectivity index (χ2v) is 4.32. The van der Waals surface area contributed by atoms with Crippen LogP contribution in [0.3, 0.4) is 0 Å². The van der Waals surface area contributed by atoms with Gasteiger partial charge in [-0.3, -0.25) is 4.79 Å². The Hall–Kier alpha value is -1.55. The lowest BCUT2D eigenvalue weighted by molar-refractivity contribution is -0.140. The second-order valence-electron chi connectivity index (χ2n) is 4.32. The van der Waals surface area contributed by atoms with E-state index in [9.17, 15) is 4.79 Å². The van der Waals surface area contributed by atoms with E-state index in [1.807, 2.05) is 44.2 Å². The summed E-state index contributed by atoms with van der Waals surface area (Å²) in [6, 6.07) is 8.99. The van der Waals surface area contributed by atoms with Gasteiger partial charge in [0.2, 0.25) is 0 Å². The lowest BCUT2D eigenvalue weighted by atomic mass is 9.99. The third kappa shape index (κ3) is 4.75. The van der Waals surface area contributed by atoms with Gasteiger partial charge in [0.25, 0.3) is 0 Å². The van der Waals surface area contributed by atoms with Gasteiger partial charge in [-0.1, -0.05) is 38.5 Å². The molecule has 0 aliphatic carbocycles. The summed E-state index contributed by atoms with van der Waals surface area (Å²) in [6.07, 6.45) is 0.837. The fourth-order valence-electron chi connectivity index (χ4n) is 1.67. The molecule has 4 heteroatoms. The summed E-state index contributed by atoms with van der Waals surface area (Å²) < 4.78 is 5.49. The van der Waals surface area contributed by atoms with Crippen molar-refractivity contribution in [1.29, 1.82) is 0 Å². The minimum absolute atomic E-state index is 0.110. The number of benzene rings is 1. The predicted molar refractivity (Wildman–Crippen MR) is 70.8 cm³/mol. The van der Waals surface area contributed by atoms with Crippen molar-refractivity contribution in [3.8, 4) is 5.75 Å². The molecule has 2 N–H and O–H groups in total. The molecule has 1 aromatic carbocycles. The Kier molecular flexibility index (Phi) is 6.22. The highest BCUT2D eigenvalue weighted by molar-refractivity contribution is 5.73. The van der Waals surface area contributed by atoms with Crippen molar-refractivity contribution in [3.63, 3.8) is 0 Å². The monoisotopic (exact) mass is 251 g/mol. The van der Waals surface area contributed by atoms with Crippen LogP contribution in [0.5, 0.6) is 5.75 Å². The number of carboxylic acids is 1. The van der Waals surface area contributed by atoms with Crippen LogP contribution in [0.2, 0.25) is 0 Å². The van der Waals surface area contributed by atoms with Crippen molar-refractivity contribution in [2.75, 3.05) is 13.2 Å². The maximum Gasteiger partial charge on any atom is 0.320 e. The lowest BCUT2D eigenvalue weighted by Crippen LogP contribution is -2.43. The maximum absolute atomic E-state index is 11.1. The zero-order valence-corrected chi connectivity index (χ0v) is 10.9. The average Bonchev–Trinajstić information content (AvgIpc) is 2.38. The SMILES string of the molecule is CC[C@H](C)[C@H](NCCOc1ccccc1)C(=O)O. The molecular weight excluding hydrogens is 230 g/mol. The van der Waals surface area contributed by atoms with E-state index in [1.54, 1.807) is 0 Å². The Balaban J connectivity index is 2.29. The number of rotatable bonds is 8. The fourth-order valence-corrected chi connectivity index (χ4v) is 1.67. The Morgan fingerprint density at radius 2 is 2.06 bits per heavy atom. The average molecular weight is 251 g/mol. The standard InChI is InChI=1S/C14H21NO3/c1-3-11(2)13(14(16)17)15-9-10-18-12-7-5-4-6-8-12/h4-8,11,13,15H,3,9-10H2,1-2H3,(H,16,17)/t11-,13-/m0/s1. The van der Waals surface area contributed by atoms with E-state index in [4.69, 9.17) is 9.84 Å².